The zero-order valence-electron chi connectivity index (χ0n) is 13.2. The first-order chi connectivity index (χ1) is 12.0. The highest BCUT2D eigenvalue weighted by molar-refractivity contribution is 6.14. The Balaban J connectivity index is 2.12. The summed E-state index contributed by atoms with van der Waals surface area (Å²) in [7, 11) is 0. The maximum absolute atomic E-state index is 14.0. The van der Waals surface area contributed by atoms with Gasteiger partial charge in [0.1, 0.15) is 17.3 Å². The van der Waals surface area contributed by atoms with Crippen molar-refractivity contribution in [2.24, 2.45) is 0 Å². The van der Waals surface area contributed by atoms with Gasteiger partial charge in [-0.3, -0.25) is 4.79 Å². The van der Waals surface area contributed by atoms with Crippen LogP contribution < -0.4 is 5.32 Å². The van der Waals surface area contributed by atoms with Gasteiger partial charge in [0, 0.05) is 17.0 Å². The molecule has 0 saturated heterocycles. The van der Waals surface area contributed by atoms with E-state index in [-0.39, 0.29) is 28.9 Å². The zero-order valence-corrected chi connectivity index (χ0v) is 13.2. The van der Waals surface area contributed by atoms with Crippen molar-refractivity contribution >= 4 is 28.5 Å². The molecule has 0 bridgehead atoms. The van der Waals surface area contributed by atoms with Gasteiger partial charge in [0.2, 0.25) is 0 Å². The number of anilines is 1. The predicted octanol–water partition coefficient (Wildman–Crippen LogP) is 3.88. The van der Waals surface area contributed by atoms with Crippen LogP contribution in [-0.4, -0.2) is 23.5 Å². The second-order valence-corrected chi connectivity index (χ2v) is 5.23. The number of rotatable bonds is 4. The number of nitrogens with one attached hydrogen (secondary N) is 2. The Morgan fingerprint density at radius 2 is 1.88 bits per heavy atom. The topological polar surface area (TPSA) is 71.2 Å². The van der Waals surface area contributed by atoms with Crippen molar-refractivity contribution in [1.82, 2.24) is 4.98 Å². The van der Waals surface area contributed by atoms with Gasteiger partial charge in [0.15, 0.2) is 0 Å². The quantitative estimate of drug-likeness (QED) is 0.706. The van der Waals surface area contributed by atoms with Crippen molar-refractivity contribution < 1.29 is 23.1 Å². The summed E-state index contributed by atoms with van der Waals surface area (Å²) in [5.41, 5.74) is 0.0719. The SMILES string of the molecule is CCOC(=O)c1[nH]c2c(F)cc(F)cc2c1NC(=O)c1ccccc1. The molecule has 0 spiro atoms. The van der Waals surface area contributed by atoms with Crippen molar-refractivity contribution in [3.63, 3.8) is 0 Å². The Kier molecular flexibility index (Phi) is 4.47. The molecule has 1 amide bonds. The highest BCUT2D eigenvalue weighted by Gasteiger charge is 2.23. The van der Waals surface area contributed by atoms with Crippen molar-refractivity contribution in [1.29, 1.82) is 0 Å². The van der Waals surface area contributed by atoms with Gasteiger partial charge in [-0.15, -0.1) is 0 Å². The van der Waals surface area contributed by atoms with E-state index in [1.807, 2.05) is 0 Å². The second kappa shape index (κ2) is 6.72. The molecule has 2 aromatic carbocycles. The third kappa shape index (κ3) is 3.21. The maximum Gasteiger partial charge on any atom is 0.356 e. The smallest absolute Gasteiger partial charge is 0.356 e. The monoisotopic (exact) mass is 344 g/mol. The predicted molar refractivity (Wildman–Crippen MR) is 88.6 cm³/mol. The van der Waals surface area contributed by atoms with E-state index in [0.717, 1.165) is 6.07 Å². The largest absolute Gasteiger partial charge is 0.461 e. The van der Waals surface area contributed by atoms with E-state index in [4.69, 9.17) is 4.74 Å². The lowest BCUT2D eigenvalue weighted by Gasteiger charge is -2.07. The third-order valence-electron chi connectivity index (χ3n) is 3.58. The molecular formula is C18H14F2N2O3. The van der Waals surface area contributed by atoms with E-state index in [9.17, 15) is 18.4 Å². The van der Waals surface area contributed by atoms with Crippen LogP contribution in [0.15, 0.2) is 42.5 Å². The summed E-state index contributed by atoms with van der Waals surface area (Å²) in [6, 6.07) is 9.99. The van der Waals surface area contributed by atoms with Gasteiger partial charge in [0.05, 0.1) is 17.8 Å². The fourth-order valence-corrected chi connectivity index (χ4v) is 2.48. The number of halogens is 2. The molecule has 25 heavy (non-hydrogen) atoms. The van der Waals surface area contributed by atoms with E-state index >= 15 is 0 Å². The molecule has 3 rings (SSSR count). The Labute approximate surface area is 141 Å². The van der Waals surface area contributed by atoms with Crippen LogP contribution in [0.25, 0.3) is 10.9 Å². The van der Waals surface area contributed by atoms with Crippen molar-refractivity contribution in [3.8, 4) is 0 Å². The normalized spacial score (nSPS) is 10.7. The zero-order chi connectivity index (χ0) is 18.0. The number of carbonyl (C=O) groups is 2. The number of carbonyl (C=O) groups excluding carboxylic acids is 2. The van der Waals surface area contributed by atoms with Crippen LogP contribution in [0.3, 0.4) is 0 Å². The summed E-state index contributed by atoms with van der Waals surface area (Å²) in [6.07, 6.45) is 0. The molecule has 5 nitrogen and oxygen atoms in total. The Bertz CT molecular complexity index is 952. The lowest BCUT2D eigenvalue weighted by molar-refractivity contribution is 0.0522. The van der Waals surface area contributed by atoms with Crippen molar-refractivity contribution in [2.75, 3.05) is 11.9 Å². The van der Waals surface area contributed by atoms with E-state index in [0.29, 0.717) is 11.6 Å². The number of aromatic amines is 1. The van der Waals surface area contributed by atoms with Gasteiger partial charge >= 0.3 is 5.97 Å². The van der Waals surface area contributed by atoms with Gasteiger partial charge in [-0.05, 0) is 25.1 Å². The first kappa shape index (κ1) is 16.6. The highest BCUT2D eigenvalue weighted by atomic mass is 19.1. The maximum atomic E-state index is 14.0. The molecule has 0 aliphatic rings. The molecule has 0 fully saturated rings. The van der Waals surface area contributed by atoms with Crippen LogP contribution in [0.4, 0.5) is 14.5 Å². The van der Waals surface area contributed by atoms with Crippen LogP contribution in [0, 0.1) is 11.6 Å². The standard InChI is InChI=1S/C18H14F2N2O3/c1-2-25-18(24)16-15(22-17(23)10-6-4-3-5-7-10)12-8-11(19)9-13(20)14(12)21-16/h3-9,21H,2H2,1H3,(H,22,23). The minimum absolute atomic E-state index is 0.0271. The molecule has 0 atom stereocenters. The number of hydrogen-bond donors (Lipinski definition) is 2. The Morgan fingerprint density at radius 1 is 1.16 bits per heavy atom. The first-order valence-corrected chi connectivity index (χ1v) is 7.55. The van der Waals surface area contributed by atoms with Crippen LogP contribution in [0.5, 0.6) is 0 Å². The minimum Gasteiger partial charge on any atom is -0.461 e. The fraction of sp³-hybridized carbons (Fsp3) is 0.111. The molecule has 128 valence electrons. The van der Waals surface area contributed by atoms with Crippen LogP contribution in [0.1, 0.15) is 27.8 Å². The summed E-state index contributed by atoms with van der Waals surface area (Å²) < 4.78 is 32.5. The molecule has 1 aromatic heterocycles. The number of amides is 1. The second-order valence-electron chi connectivity index (χ2n) is 5.23. The molecule has 0 radical (unpaired) electrons. The average molecular weight is 344 g/mol. The summed E-state index contributed by atoms with van der Waals surface area (Å²) in [6.45, 7) is 1.71. The number of hydrogen-bond acceptors (Lipinski definition) is 3. The van der Waals surface area contributed by atoms with Gasteiger partial charge < -0.3 is 15.0 Å². The number of esters is 1. The van der Waals surface area contributed by atoms with Crippen molar-refractivity contribution in [2.45, 2.75) is 6.92 Å². The Hall–Kier alpha value is -3.22. The van der Waals surface area contributed by atoms with Gasteiger partial charge in [-0.2, -0.15) is 0 Å². The summed E-state index contributed by atoms with van der Waals surface area (Å²) >= 11 is 0. The number of benzene rings is 2. The molecule has 1 heterocycles. The molecule has 2 N–H and O–H groups in total. The third-order valence-corrected chi connectivity index (χ3v) is 3.58. The summed E-state index contributed by atoms with van der Waals surface area (Å²) in [5, 5.41) is 2.59. The van der Waals surface area contributed by atoms with Crippen molar-refractivity contribution in [3.05, 3.63) is 65.4 Å². The Morgan fingerprint density at radius 3 is 2.56 bits per heavy atom. The van der Waals surface area contributed by atoms with E-state index < -0.39 is 23.5 Å². The van der Waals surface area contributed by atoms with Gasteiger partial charge in [-0.25, -0.2) is 13.6 Å². The molecule has 0 aliphatic carbocycles. The average Bonchev–Trinajstić information content (AvgIpc) is 2.95. The van der Waals surface area contributed by atoms with E-state index in [1.54, 1.807) is 37.3 Å². The number of fused-ring (bicyclic) bond motifs is 1. The number of H-pyrrole nitrogens is 1. The molecule has 0 saturated carbocycles. The lowest BCUT2D eigenvalue weighted by Crippen LogP contribution is -2.15. The van der Waals surface area contributed by atoms with E-state index in [1.165, 1.54) is 0 Å². The van der Waals surface area contributed by atoms with Crippen LogP contribution >= 0.6 is 0 Å². The first-order valence-electron chi connectivity index (χ1n) is 7.55. The molecule has 0 unspecified atom stereocenters. The minimum atomic E-state index is -0.874. The van der Waals surface area contributed by atoms with Crippen LogP contribution in [-0.2, 0) is 4.74 Å². The molecular weight excluding hydrogens is 330 g/mol. The summed E-state index contributed by atoms with van der Waals surface area (Å²) in [4.78, 5) is 27.1. The number of ether oxygens (including phenoxy) is 1. The molecule has 3 aromatic rings. The van der Waals surface area contributed by atoms with E-state index in [2.05, 4.69) is 10.3 Å². The van der Waals surface area contributed by atoms with Gasteiger partial charge in [-0.1, -0.05) is 18.2 Å². The highest BCUT2D eigenvalue weighted by Crippen LogP contribution is 2.31. The summed E-state index contributed by atoms with van der Waals surface area (Å²) in [5.74, 6) is -2.99. The molecule has 0 aliphatic heterocycles. The molecule has 7 heteroatoms. The fourth-order valence-electron chi connectivity index (χ4n) is 2.48. The van der Waals surface area contributed by atoms with Crippen LogP contribution in [0.2, 0.25) is 0 Å². The van der Waals surface area contributed by atoms with Gasteiger partial charge in [0.25, 0.3) is 5.91 Å². The number of aromatic nitrogens is 1. The lowest BCUT2D eigenvalue weighted by atomic mass is 10.1.